The van der Waals surface area contributed by atoms with Crippen molar-refractivity contribution in [1.82, 2.24) is 0 Å². The third-order valence-electron chi connectivity index (χ3n) is 5.40. The highest BCUT2D eigenvalue weighted by molar-refractivity contribution is 5.96. The Hall–Kier alpha value is -2.94. The normalized spacial score (nSPS) is 14.3. The first-order chi connectivity index (χ1) is 13.2. The topological polar surface area (TPSA) is 33.0 Å². The van der Waals surface area contributed by atoms with E-state index in [0.29, 0.717) is 0 Å². The maximum atomic E-state index is 12.9. The van der Waals surface area contributed by atoms with Crippen LogP contribution in [0.25, 0.3) is 11.1 Å². The lowest BCUT2D eigenvalue weighted by Gasteiger charge is -2.16. The molecule has 1 aromatic heterocycles. The second kappa shape index (κ2) is 7.75. The van der Waals surface area contributed by atoms with E-state index in [1.807, 2.05) is 60.2 Å². The highest BCUT2D eigenvalue weighted by Crippen LogP contribution is 2.28. The highest BCUT2D eigenvalue weighted by Gasteiger charge is 2.24. The summed E-state index contributed by atoms with van der Waals surface area (Å²) in [5.41, 5.74) is 5.79. The number of aromatic nitrogens is 1. The Morgan fingerprint density at radius 3 is 2.44 bits per heavy atom. The van der Waals surface area contributed by atoms with Gasteiger partial charge in [-0.3, -0.25) is 4.79 Å². The summed E-state index contributed by atoms with van der Waals surface area (Å²) in [4.78, 5) is 12.9. The Bertz CT molecular complexity index is 950. The number of amides is 1. The number of nitrogens with zero attached hydrogens (tertiary/aromatic N) is 1. The Morgan fingerprint density at radius 2 is 1.63 bits per heavy atom. The highest BCUT2D eigenvalue weighted by atomic mass is 16.2. The summed E-state index contributed by atoms with van der Waals surface area (Å²) >= 11 is 0. The van der Waals surface area contributed by atoms with E-state index in [2.05, 4.69) is 29.7 Å². The van der Waals surface area contributed by atoms with Crippen LogP contribution in [0.2, 0.25) is 0 Å². The predicted octanol–water partition coefficient (Wildman–Crippen LogP) is 4.72. The van der Waals surface area contributed by atoms with Crippen LogP contribution in [-0.4, -0.2) is 5.91 Å². The molecule has 0 saturated heterocycles. The fraction of sp³-hybridized carbons (Fsp3) is 0.250. The zero-order chi connectivity index (χ0) is 18.6. The number of fused-ring (bicyclic) bond motifs is 1. The Balaban J connectivity index is 1.56. The zero-order valence-electron chi connectivity index (χ0n) is 15.7. The summed E-state index contributed by atoms with van der Waals surface area (Å²) < 4.78 is 2.03. The number of benzene rings is 2. The van der Waals surface area contributed by atoms with Crippen LogP contribution >= 0.6 is 0 Å². The molecular formula is C24H25N2O+. The maximum absolute atomic E-state index is 12.9. The van der Waals surface area contributed by atoms with Crippen molar-refractivity contribution in [3.05, 3.63) is 84.2 Å². The number of hydrogen-bond donors (Lipinski definition) is 1. The fourth-order valence-electron chi connectivity index (χ4n) is 3.76. The minimum atomic E-state index is -0.263. The van der Waals surface area contributed by atoms with Crippen molar-refractivity contribution in [3.8, 4) is 11.1 Å². The molecule has 0 fully saturated rings. The van der Waals surface area contributed by atoms with Crippen LogP contribution in [0, 0.1) is 0 Å². The van der Waals surface area contributed by atoms with Crippen molar-refractivity contribution in [3.63, 3.8) is 0 Å². The van der Waals surface area contributed by atoms with Crippen molar-refractivity contribution >= 4 is 11.6 Å². The van der Waals surface area contributed by atoms with Gasteiger partial charge < -0.3 is 5.32 Å². The number of aryl methyl sites for hydroxylation is 2. The zero-order valence-corrected chi connectivity index (χ0v) is 15.7. The molecule has 0 aliphatic heterocycles. The van der Waals surface area contributed by atoms with Crippen molar-refractivity contribution in [2.24, 2.45) is 0 Å². The number of rotatable bonds is 4. The van der Waals surface area contributed by atoms with Gasteiger partial charge in [-0.05, 0) is 42.9 Å². The Labute approximate surface area is 160 Å². The minimum absolute atomic E-state index is 0.000796. The van der Waals surface area contributed by atoms with E-state index < -0.39 is 0 Å². The molecule has 0 bridgehead atoms. The number of pyridine rings is 1. The lowest BCUT2D eigenvalue weighted by molar-refractivity contribution is -0.706. The fourth-order valence-corrected chi connectivity index (χ4v) is 3.76. The molecule has 0 unspecified atom stereocenters. The van der Waals surface area contributed by atoms with Crippen LogP contribution in [0.3, 0.4) is 0 Å². The molecule has 1 atom stereocenters. The van der Waals surface area contributed by atoms with E-state index in [9.17, 15) is 4.79 Å². The van der Waals surface area contributed by atoms with Crippen LogP contribution in [-0.2, 0) is 17.6 Å². The second-order valence-electron chi connectivity index (χ2n) is 7.23. The third kappa shape index (κ3) is 3.77. The van der Waals surface area contributed by atoms with E-state index in [4.69, 9.17) is 0 Å². The average Bonchev–Trinajstić information content (AvgIpc) is 2.74. The second-order valence-corrected chi connectivity index (χ2v) is 7.23. The average molecular weight is 357 g/mol. The van der Waals surface area contributed by atoms with Crippen LogP contribution in [0.5, 0.6) is 0 Å². The van der Waals surface area contributed by atoms with Crippen molar-refractivity contribution in [2.75, 3.05) is 5.32 Å². The Kier molecular flexibility index (Phi) is 5.01. The number of nitrogens with one attached hydrogen (secondary N) is 1. The SMILES string of the molecule is C[C@@H](C(=O)Nc1ccccc1-c1ccccc1)[n+]1ccc2c(c1)CCCC2. The van der Waals surface area contributed by atoms with Gasteiger partial charge in [0.05, 0.1) is 0 Å². The molecule has 0 saturated carbocycles. The summed E-state index contributed by atoms with van der Waals surface area (Å²) in [5.74, 6) is -0.000796. The molecule has 4 rings (SSSR count). The number of carbonyl (C=O) groups is 1. The molecule has 1 aliphatic rings. The molecule has 1 N–H and O–H groups in total. The molecule has 1 heterocycles. The molecule has 1 amide bonds. The summed E-state index contributed by atoms with van der Waals surface area (Å²) in [6.45, 7) is 1.95. The van der Waals surface area contributed by atoms with E-state index in [1.54, 1.807) is 0 Å². The van der Waals surface area contributed by atoms with Gasteiger partial charge in [0, 0.05) is 29.8 Å². The lowest BCUT2D eigenvalue weighted by Crippen LogP contribution is -2.44. The van der Waals surface area contributed by atoms with E-state index in [0.717, 1.165) is 29.7 Å². The third-order valence-corrected chi connectivity index (χ3v) is 5.40. The standard InChI is InChI=1S/C24H24N2O/c1-18(26-16-15-19-9-5-6-12-21(19)17-26)24(27)25-23-14-8-7-13-22(23)20-10-3-2-4-11-20/h2-4,7-8,10-11,13-18H,5-6,9,12H2,1H3/p+1/t18-/m0/s1. The molecule has 1 aliphatic carbocycles. The van der Waals surface area contributed by atoms with Crippen molar-refractivity contribution < 1.29 is 9.36 Å². The summed E-state index contributed by atoms with van der Waals surface area (Å²) in [6, 6.07) is 20.0. The Morgan fingerprint density at radius 1 is 0.926 bits per heavy atom. The van der Waals surface area contributed by atoms with Gasteiger partial charge in [0.25, 0.3) is 5.91 Å². The first-order valence-corrected chi connectivity index (χ1v) is 9.70. The van der Waals surface area contributed by atoms with Gasteiger partial charge in [0.2, 0.25) is 6.04 Å². The number of hydrogen-bond acceptors (Lipinski definition) is 1. The smallest absolute Gasteiger partial charge is 0.293 e. The van der Waals surface area contributed by atoms with Gasteiger partial charge in [-0.25, -0.2) is 0 Å². The quantitative estimate of drug-likeness (QED) is 0.674. The van der Waals surface area contributed by atoms with Crippen molar-refractivity contribution in [1.29, 1.82) is 0 Å². The van der Waals surface area contributed by atoms with E-state index >= 15 is 0 Å². The number of para-hydroxylation sites is 1. The van der Waals surface area contributed by atoms with Crippen LogP contribution in [0.15, 0.2) is 73.1 Å². The van der Waals surface area contributed by atoms with Crippen LogP contribution < -0.4 is 9.88 Å². The molecule has 136 valence electrons. The van der Waals surface area contributed by atoms with Gasteiger partial charge in [0.15, 0.2) is 12.4 Å². The summed E-state index contributed by atoms with van der Waals surface area (Å²) in [7, 11) is 0. The molecular weight excluding hydrogens is 332 g/mol. The molecule has 2 aromatic carbocycles. The monoisotopic (exact) mass is 357 g/mol. The van der Waals surface area contributed by atoms with Crippen LogP contribution in [0.1, 0.15) is 36.9 Å². The molecule has 0 radical (unpaired) electrons. The number of carbonyl (C=O) groups excluding carboxylic acids is 1. The van der Waals surface area contributed by atoms with Crippen LogP contribution in [0.4, 0.5) is 5.69 Å². The molecule has 0 spiro atoms. The molecule has 27 heavy (non-hydrogen) atoms. The van der Waals surface area contributed by atoms with Crippen molar-refractivity contribution in [2.45, 2.75) is 38.6 Å². The van der Waals surface area contributed by atoms with E-state index in [1.165, 1.54) is 24.0 Å². The molecule has 3 aromatic rings. The van der Waals surface area contributed by atoms with Gasteiger partial charge in [-0.1, -0.05) is 48.5 Å². The van der Waals surface area contributed by atoms with Gasteiger partial charge >= 0.3 is 0 Å². The van der Waals surface area contributed by atoms with Gasteiger partial charge in [-0.15, -0.1) is 0 Å². The molecule has 3 heteroatoms. The largest absolute Gasteiger partial charge is 0.320 e. The first-order valence-electron chi connectivity index (χ1n) is 9.70. The minimum Gasteiger partial charge on any atom is -0.320 e. The molecule has 3 nitrogen and oxygen atoms in total. The summed E-state index contributed by atoms with van der Waals surface area (Å²) in [6.07, 6.45) is 8.97. The van der Waals surface area contributed by atoms with Gasteiger partial charge in [0.1, 0.15) is 0 Å². The first kappa shape index (κ1) is 17.5. The van der Waals surface area contributed by atoms with E-state index in [-0.39, 0.29) is 11.9 Å². The number of anilines is 1. The maximum Gasteiger partial charge on any atom is 0.293 e. The van der Waals surface area contributed by atoms with Gasteiger partial charge in [-0.2, -0.15) is 4.57 Å². The predicted molar refractivity (Wildman–Crippen MR) is 108 cm³/mol. The summed E-state index contributed by atoms with van der Waals surface area (Å²) in [5, 5.41) is 3.13. The lowest BCUT2D eigenvalue weighted by atomic mass is 9.93.